The Hall–Kier alpha value is -1.30. The molecule has 78 valence electrons. The maximum atomic E-state index is 3.87. The Morgan fingerprint density at radius 3 is 2.53 bits per heavy atom. The molecule has 15 heavy (non-hydrogen) atoms. The van der Waals surface area contributed by atoms with Crippen LogP contribution in [0.1, 0.15) is 29.2 Å². The fourth-order valence-electron chi connectivity index (χ4n) is 2.21. The molecule has 0 heteroatoms. The average molecular weight is 198 g/mol. The van der Waals surface area contributed by atoms with E-state index in [9.17, 15) is 0 Å². The van der Waals surface area contributed by atoms with Crippen LogP contribution in [0.3, 0.4) is 0 Å². The maximum Gasteiger partial charge on any atom is -0.00477 e. The van der Waals surface area contributed by atoms with Crippen LogP contribution in [0.5, 0.6) is 0 Å². The molecular formula is C15H18. The van der Waals surface area contributed by atoms with E-state index in [2.05, 4.69) is 45.6 Å². The van der Waals surface area contributed by atoms with E-state index in [4.69, 9.17) is 0 Å². The zero-order valence-electron chi connectivity index (χ0n) is 9.80. The van der Waals surface area contributed by atoms with Crippen LogP contribution in [-0.2, 0) is 6.42 Å². The van der Waals surface area contributed by atoms with E-state index in [1.807, 2.05) is 6.08 Å². The Morgan fingerprint density at radius 1 is 1.27 bits per heavy atom. The summed E-state index contributed by atoms with van der Waals surface area (Å²) >= 11 is 0. The van der Waals surface area contributed by atoms with Crippen molar-refractivity contribution in [1.82, 2.24) is 0 Å². The minimum atomic E-state index is 0.496. The molecule has 0 aliphatic heterocycles. The van der Waals surface area contributed by atoms with Crippen LogP contribution < -0.4 is 0 Å². The zero-order chi connectivity index (χ0) is 11.0. The Balaban J connectivity index is 2.45. The summed E-state index contributed by atoms with van der Waals surface area (Å²) in [5.41, 5.74) is 7.26. The number of hydrogen-bond acceptors (Lipinski definition) is 0. The van der Waals surface area contributed by atoms with Crippen molar-refractivity contribution < 1.29 is 0 Å². The predicted molar refractivity (Wildman–Crippen MR) is 67.0 cm³/mol. The van der Waals surface area contributed by atoms with Gasteiger partial charge in [-0.1, -0.05) is 36.8 Å². The van der Waals surface area contributed by atoms with Gasteiger partial charge in [0.05, 0.1) is 0 Å². The second-order valence-corrected chi connectivity index (χ2v) is 4.51. The number of allylic oxidation sites excluding steroid dienone is 2. The highest BCUT2D eigenvalue weighted by molar-refractivity contribution is 5.68. The van der Waals surface area contributed by atoms with Gasteiger partial charge in [0, 0.05) is 0 Å². The quantitative estimate of drug-likeness (QED) is 0.628. The van der Waals surface area contributed by atoms with Crippen LogP contribution in [0.25, 0.3) is 6.08 Å². The molecule has 1 aromatic carbocycles. The summed E-state index contributed by atoms with van der Waals surface area (Å²) in [5, 5.41) is 0. The van der Waals surface area contributed by atoms with Crippen LogP contribution in [0.15, 0.2) is 30.4 Å². The number of fused-ring (bicyclic) bond motifs is 1. The number of aryl methyl sites for hydroxylation is 2. The minimum Gasteiger partial charge on any atom is -0.102 e. The van der Waals surface area contributed by atoms with Gasteiger partial charge < -0.3 is 0 Å². The van der Waals surface area contributed by atoms with Crippen LogP contribution in [0.4, 0.5) is 0 Å². The zero-order valence-corrected chi connectivity index (χ0v) is 9.80. The fourth-order valence-corrected chi connectivity index (χ4v) is 2.21. The highest BCUT2D eigenvalue weighted by atomic mass is 14.2. The molecule has 1 unspecified atom stereocenters. The van der Waals surface area contributed by atoms with Crippen LogP contribution in [-0.4, -0.2) is 0 Å². The van der Waals surface area contributed by atoms with Crippen LogP contribution >= 0.6 is 0 Å². The van der Waals surface area contributed by atoms with Crippen molar-refractivity contribution in [1.29, 1.82) is 0 Å². The molecule has 0 fully saturated rings. The molecule has 0 nitrogen and oxygen atoms in total. The van der Waals surface area contributed by atoms with E-state index in [1.165, 1.54) is 27.8 Å². The molecule has 0 amide bonds. The Kier molecular flexibility index (Phi) is 2.52. The summed E-state index contributed by atoms with van der Waals surface area (Å²) in [7, 11) is 0. The van der Waals surface area contributed by atoms with Gasteiger partial charge in [-0.2, -0.15) is 0 Å². The van der Waals surface area contributed by atoms with Crippen molar-refractivity contribution >= 4 is 6.08 Å². The third-order valence-electron chi connectivity index (χ3n) is 3.46. The molecule has 1 atom stereocenters. The van der Waals surface area contributed by atoms with Crippen molar-refractivity contribution in [2.75, 3.05) is 0 Å². The summed E-state index contributed by atoms with van der Waals surface area (Å²) in [4.78, 5) is 0. The first-order chi connectivity index (χ1) is 7.13. The molecule has 0 radical (unpaired) electrons. The normalized spacial score (nSPS) is 15.8. The average Bonchev–Trinajstić information content (AvgIpc) is 2.68. The van der Waals surface area contributed by atoms with Crippen molar-refractivity contribution in [2.45, 2.75) is 27.2 Å². The van der Waals surface area contributed by atoms with Crippen LogP contribution in [0.2, 0.25) is 0 Å². The number of hydrogen-bond donors (Lipinski definition) is 0. The topological polar surface area (TPSA) is 0 Å². The van der Waals surface area contributed by atoms with Gasteiger partial charge in [0.15, 0.2) is 0 Å². The van der Waals surface area contributed by atoms with Crippen molar-refractivity contribution in [2.24, 2.45) is 5.92 Å². The Labute approximate surface area is 92.3 Å². The van der Waals surface area contributed by atoms with E-state index >= 15 is 0 Å². The molecule has 0 aromatic heterocycles. The third kappa shape index (κ3) is 1.65. The van der Waals surface area contributed by atoms with E-state index in [1.54, 1.807) is 0 Å². The fraction of sp³-hybridized carbons (Fsp3) is 0.333. The summed E-state index contributed by atoms with van der Waals surface area (Å²) in [6, 6.07) is 4.44. The van der Waals surface area contributed by atoms with Crippen molar-refractivity contribution in [3.8, 4) is 0 Å². The van der Waals surface area contributed by atoms with Gasteiger partial charge in [-0.3, -0.25) is 0 Å². The molecule has 0 saturated carbocycles. The van der Waals surface area contributed by atoms with E-state index in [0.717, 1.165) is 6.42 Å². The Morgan fingerprint density at radius 2 is 1.93 bits per heavy atom. The molecule has 0 heterocycles. The lowest BCUT2D eigenvalue weighted by molar-refractivity contribution is 0.841. The maximum absolute atomic E-state index is 3.87. The Bertz CT molecular complexity index is 436. The smallest absolute Gasteiger partial charge is 0.00477 e. The van der Waals surface area contributed by atoms with Gasteiger partial charge >= 0.3 is 0 Å². The second-order valence-electron chi connectivity index (χ2n) is 4.51. The van der Waals surface area contributed by atoms with E-state index in [0.29, 0.717) is 5.92 Å². The molecule has 2 rings (SSSR count). The first kappa shape index (κ1) is 10.2. The lowest BCUT2D eigenvalue weighted by atomic mass is 9.97. The molecule has 1 aliphatic rings. The standard InChI is InChI=1S/C15H18/c1-5-10(2)13-8-14-11(3)6-7-12(4)15(14)9-13/h5-8,10H,1,9H2,2-4H3. The van der Waals surface area contributed by atoms with Gasteiger partial charge in [-0.25, -0.2) is 0 Å². The largest absolute Gasteiger partial charge is 0.102 e. The number of benzene rings is 1. The SMILES string of the molecule is C=CC(C)C1=Cc2c(C)ccc(C)c2C1. The predicted octanol–water partition coefficient (Wildman–Crippen LogP) is 4.07. The summed E-state index contributed by atoms with van der Waals surface area (Å²) in [6.07, 6.45) is 5.49. The lowest BCUT2D eigenvalue weighted by Crippen LogP contribution is -1.96. The minimum absolute atomic E-state index is 0.496. The molecule has 0 bridgehead atoms. The summed E-state index contributed by atoms with van der Waals surface area (Å²) in [6.45, 7) is 10.5. The third-order valence-corrected chi connectivity index (χ3v) is 3.46. The van der Waals surface area contributed by atoms with Crippen molar-refractivity contribution in [3.05, 3.63) is 52.6 Å². The first-order valence-corrected chi connectivity index (χ1v) is 5.55. The van der Waals surface area contributed by atoms with Crippen LogP contribution in [0, 0.1) is 19.8 Å². The highest BCUT2D eigenvalue weighted by Gasteiger charge is 2.18. The molecule has 0 N–H and O–H groups in total. The van der Waals surface area contributed by atoms with E-state index < -0.39 is 0 Å². The highest BCUT2D eigenvalue weighted by Crippen LogP contribution is 2.33. The molecule has 0 saturated heterocycles. The van der Waals surface area contributed by atoms with Gasteiger partial charge in [0.2, 0.25) is 0 Å². The van der Waals surface area contributed by atoms with Gasteiger partial charge in [-0.15, -0.1) is 6.58 Å². The number of rotatable bonds is 2. The lowest BCUT2D eigenvalue weighted by Gasteiger charge is -2.08. The van der Waals surface area contributed by atoms with E-state index in [-0.39, 0.29) is 0 Å². The summed E-state index contributed by atoms with van der Waals surface area (Å²) in [5.74, 6) is 0.496. The van der Waals surface area contributed by atoms with Crippen molar-refractivity contribution in [3.63, 3.8) is 0 Å². The molecule has 1 aromatic rings. The first-order valence-electron chi connectivity index (χ1n) is 5.55. The van der Waals surface area contributed by atoms with Gasteiger partial charge in [-0.05, 0) is 48.4 Å². The van der Waals surface area contributed by atoms with Gasteiger partial charge in [0.25, 0.3) is 0 Å². The van der Waals surface area contributed by atoms with Gasteiger partial charge in [0.1, 0.15) is 0 Å². The summed E-state index contributed by atoms with van der Waals surface area (Å²) < 4.78 is 0. The molecule has 1 aliphatic carbocycles. The molecular weight excluding hydrogens is 180 g/mol. The monoisotopic (exact) mass is 198 g/mol. The molecule has 0 spiro atoms. The second kappa shape index (κ2) is 3.69.